The molecule has 1 atom stereocenters. The summed E-state index contributed by atoms with van der Waals surface area (Å²) in [6.07, 6.45) is 0.105. The fourth-order valence-corrected chi connectivity index (χ4v) is 4.57. The van der Waals surface area contributed by atoms with E-state index < -0.39 is 29.7 Å². The van der Waals surface area contributed by atoms with E-state index in [1.165, 1.54) is 7.11 Å². The summed E-state index contributed by atoms with van der Waals surface area (Å²) in [6.45, 7) is 0. The molecule has 1 heterocycles. The number of para-hydroxylation sites is 3. The summed E-state index contributed by atoms with van der Waals surface area (Å²) in [7, 11) is 1.51. The highest BCUT2D eigenvalue weighted by Crippen LogP contribution is 2.28. The summed E-state index contributed by atoms with van der Waals surface area (Å²) < 4.78 is 5.31. The number of rotatable bonds is 8. The lowest BCUT2D eigenvalue weighted by atomic mass is 10.0. The van der Waals surface area contributed by atoms with E-state index in [1.807, 2.05) is 30.3 Å². The number of methoxy groups -OCH3 is 1. The van der Waals surface area contributed by atoms with Crippen LogP contribution >= 0.6 is 0 Å². The van der Waals surface area contributed by atoms with Crippen molar-refractivity contribution < 1.29 is 23.9 Å². The highest BCUT2D eigenvalue weighted by atomic mass is 16.5. The van der Waals surface area contributed by atoms with Crippen molar-refractivity contribution in [1.29, 1.82) is 0 Å². The van der Waals surface area contributed by atoms with E-state index in [0.717, 1.165) is 10.5 Å². The fourth-order valence-electron chi connectivity index (χ4n) is 4.57. The zero-order chi connectivity index (χ0) is 27.4. The standard InChI is InChI=1S/C31H25N3O5/c1-39-27-18-10-9-17-25(27)33-28(35)23-15-7-8-16-24(23)32-29(36)26(19-20-11-3-2-4-12-20)34-30(37)21-13-5-6-14-22(21)31(34)38/h2-18,26H,19H2,1H3,(H,32,36)(H,33,35)/t26-/m0/s1. The van der Waals surface area contributed by atoms with Gasteiger partial charge in [-0.15, -0.1) is 0 Å². The van der Waals surface area contributed by atoms with Gasteiger partial charge in [0, 0.05) is 6.42 Å². The van der Waals surface area contributed by atoms with Crippen LogP contribution in [0.3, 0.4) is 0 Å². The van der Waals surface area contributed by atoms with Gasteiger partial charge in [-0.3, -0.25) is 24.1 Å². The summed E-state index contributed by atoms with van der Waals surface area (Å²) in [5.41, 5.74) is 2.20. The smallest absolute Gasteiger partial charge is 0.262 e. The Morgan fingerprint density at radius 1 is 0.718 bits per heavy atom. The summed E-state index contributed by atoms with van der Waals surface area (Å²) in [4.78, 5) is 54.6. The Hall–Kier alpha value is -5.24. The lowest BCUT2D eigenvalue weighted by Gasteiger charge is -2.26. The number of imide groups is 1. The van der Waals surface area contributed by atoms with Gasteiger partial charge in [0.15, 0.2) is 0 Å². The monoisotopic (exact) mass is 519 g/mol. The van der Waals surface area contributed by atoms with Crippen molar-refractivity contribution in [2.45, 2.75) is 12.5 Å². The average molecular weight is 520 g/mol. The highest BCUT2D eigenvalue weighted by molar-refractivity contribution is 6.23. The van der Waals surface area contributed by atoms with Crippen molar-refractivity contribution in [2.75, 3.05) is 17.7 Å². The maximum atomic E-state index is 13.8. The molecule has 2 N–H and O–H groups in total. The second-order valence-electron chi connectivity index (χ2n) is 8.92. The molecular weight excluding hydrogens is 494 g/mol. The minimum Gasteiger partial charge on any atom is -0.495 e. The summed E-state index contributed by atoms with van der Waals surface area (Å²) in [5, 5.41) is 5.60. The number of benzene rings is 4. The van der Waals surface area contributed by atoms with Crippen LogP contribution in [0.25, 0.3) is 0 Å². The number of hydrogen-bond donors (Lipinski definition) is 2. The summed E-state index contributed by atoms with van der Waals surface area (Å²) >= 11 is 0. The van der Waals surface area contributed by atoms with Crippen LogP contribution in [-0.2, 0) is 11.2 Å². The third kappa shape index (κ3) is 5.13. The molecule has 4 aromatic carbocycles. The lowest BCUT2D eigenvalue weighted by Crippen LogP contribution is -2.48. The van der Waals surface area contributed by atoms with Gasteiger partial charge in [0.05, 0.1) is 35.2 Å². The van der Waals surface area contributed by atoms with E-state index in [-0.39, 0.29) is 28.8 Å². The number of hydrogen-bond acceptors (Lipinski definition) is 5. The number of carbonyl (C=O) groups is 4. The number of carbonyl (C=O) groups excluding carboxylic acids is 4. The van der Waals surface area contributed by atoms with Crippen LogP contribution < -0.4 is 15.4 Å². The Morgan fingerprint density at radius 2 is 1.28 bits per heavy atom. The second-order valence-corrected chi connectivity index (χ2v) is 8.92. The zero-order valence-electron chi connectivity index (χ0n) is 21.1. The van der Waals surface area contributed by atoms with E-state index in [1.54, 1.807) is 72.8 Å². The molecule has 0 aliphatic carbocycles. The largest absolute Gasteiger partial charge is 0.495 e. The van der Waals surface area contributed by atoms with Gasteiger partial charge in [0.1, 0.15) is 11.8 Å². The van der Waals surface area contributed by atoms with Crippen molar-refractivity contribution >= 4 is 35.0 Å². The molecule has 194 valence electrons. The molecule has 0 radical (unpaired) electrons. The SMILES string of the molecule is COc1ccccc1NC(=O)c1ccccc1NC(=O)[C@H](Cc1ccccc1)N1C(=O)c2ccccc2C1=O. The number of ether oxygens (including phenoxy) is 1. The number of nitrogens with zero attached hydrogens (tertiary/aromatic N) is 1. The van der Waals surface area contributed by atoms with Crippen LogP contribution in [0, 0.1) is 0 Å². The van der Waals surface area contributed by atoms with Gasteiger partial charge in [-0.1, -0.05) is 66.7 Å². The van der Waals surface area contributed by atoms with Crippen molar-refractivity contribution in [1.82, 2.24) is 4.90 Å². The van der Waals surface area contributed by atoms with Crippen molar-refractivity contribution in [3.8, 4) is 5.75 Å². The molecule has 5 rings (SSSR count). The summed E-state index contributed by atoms with van der Waals surface area (Å²) in [6, 6.07) is 28.0. The van der Waals surface area contributed by atoms with Crippen LogP contribution in [0.2, 0.25) is 0 Å². The molecule has 8 heteroatoms. The first-order valence-corrected chi connectivity index (χ1v) is 12.3. The van der Waals surface area contributed by atoms with Gasteiger partial charge < -0.3 is 15.4 Å². The molecule has 0 aromatic heterocycles. The molecule has 0 saturated heterocycles. The molecule has 39 heavy (non-hydrogen) atoms. The molecule has 0 spiro atoms. The van der Waals surface area contributed by atoms with Gasteiger partial charge in [-0.05, 0) is 42.0 Å². The topological polar surface area (TPSA) is 105 Å². The summed E-state index contributed by atoms with van der Waals surface area (Å²) in [5.74, 6) is -1.63. The minimum atomic E-state index is -1.15. The van der Waals surface area contributed by atoms with Crippen LogP contribution in [-0.4, -0.2) is 41.7 Å². The molecule has 4 amide bonds. The molecule has 0 saturated carbocycles. The van der Waals surface area contributed by atoms with Gasteiger partial charge >= 0.3 is 0 Å². The van der Waals surface area contributed by atoms with Gasteiger partial charge in [0.25, 0.3) is 17.7 Å². The zero-order valence-corrected chi connectivity index (χ0v) is 21.1. The Balaban J connectivity index is 1.45. The predicted octanol–water partition coefficient (Wildman–Crippen LogP) is 4.79. The van der Waals surface area contributed by atoms with Crippen molar-refractivity contribution in [3.05, 3.63) is 125 Å². The van der Waals surface area contributed by atoms with E-state index in [4.69, 9.17) is 4.74 Å². The van der Waals surface area contributed by atoms with Crippen LogP contribution in [0.5, 0.6) is 5.75 Å². The number of fused-ring (bicyclic) bond motifs is 1. The first-order chi connectivity index (χ1) is 19.0. The first-order valence-electron chi connectivity index (χ1n) is 12.3. The molecular formula is C31H25N3O5. The molecule has 4 aromatic rings. The van der Waals surface area contributed by atoms with E-state index in [9.17, 15) is 19.2 Å². The third-order valence-electron chi connectivity index (χ3n) is 6.50. The first kappa shape index (κ1) is 25.4. The maximum Gasteiger partial charge on any atom is 0.262 e. The van der Waals surface area contributed by atoms with Crippen LogP contribution in [0.1, 0.15) is 36.6 Å². The molecule has 8 nitrogen and oxygen atoms in total. The van der Waals surface area contributed by atoms with Gasteiger partial charge in [0.2, 0.25) is 5.91 Å². The molecule has 0 fully saturated rings. The van der Waals surface area contributed by atoms with Crippen molar-refractivity contribution in [3.63, 3.8) is 0 Å². The molecule has 1 aliphatic rings. The lowest BCUT2D eigenvalue weighted by molar-refractivity contribution is -0.119. The average Bonchev–Trinajstić information content (AvgIpc) is 3.22. The molecule has 0 bridgehead atoms. The minimum absolute atomic E-state index is 0.105. The quantitative estimate of drug-likeness (QED) is 0.326. The van der Waals surface area contributed by atoms with E-state index in [0.29, 0.717) is 11.4 Å². The van der Waals surface area contributed by atoms with E-state index >= 15 is 0 Å². The molecule has 1 aliphatic heterocycles. The number of nitrogens with one attached hydrogen (secondary N) is 2. The number of anilines is 2. The normalized spacial score (nSPS) is 13.0. The highest BCUT2D eigenvalue weighted by Gasteiger charge is 2.42. The van der Waals surface area contributed by atoms with Gasteiger partial charge in [-0.2, -0.15) is 0 Å². The predicted molar refractivity (Wildman–Crippen MR) is 147 cm³/mol. The molecule has 0 unspecified atom stereocenters. The third-order valence-corrected chi connectivity index (χ3v) is 6.50. The second kappa shape index (κ2) is 11.0. The van der Waals surface area contributed by atoms with Crippen LogP contribution in [0.15, 0.2) is 103 Å². The number of amides is 4. The Labute approximate surface area is 225 Å². The van der Waals surface area contributed by atoms with Crippen LogP contribution in [0.4, 0.5) is 11.4 Å². The van der Waals surface area contributed by atoms with Crippen molar-refractivity contribution in [2.24, 2.45) is 0 Å². The Bertz CT molecular complexity index is 1530. The Morgan fingerprint density at radius 3 is 1.95 bits per heavy atom. The fraction of sp³-hybridized carbons (Fsp3) is 0.0968. The van der Waals surface area contributed by atoms with E-state index in [2.05, 4.69) is 10.6 Å². The maximum absolute atomic E-state index is 13.8. The van der Waals surface area contributed by atoms with Gasteiger partial charge in [-0.25, -0.2) is 0 Å². The Kier molecular flexibility index (Phi) is 7.18.